The summed E-state index contributed by atoms with van der Waals surface area (Å²) >= 11 is 0. The van der Waals surface area contributed by atoms with Gasteiger partial charge in [0.05, 0.1) is 11.7 Å². The molecule has 5 rings (SSSR count). The predicted octanol–water partition coefficient (Wildman–Crippen LogP) is 4.20. The van der Waals surface area contributed by atoms with Crippen LogP contribution >= 0.6 is 0 Å². The number of urea groups is 1. The van der Waals surface area contributed by atoms with Crippen molar-refractivity contribution in [2.45, 2.75) is 50.3 Å². The number of aromatic amines is 1. The maximum Gasteiger partial charge on any atom is 0.416 e. The molecular formula is C22H25F4N5O2. The van der Waals surface area contributed by atoms with Crippen LogP contribution in [0.4, 0.5) is 22.4 Å². The molecule has 3 fully saturated rings. The van der Waals surface area contributed by atoms with Gasteiger partial charge in [0, 0.05) is 37.5 Å². The quantitative estimate of drug-likeness (QED) is 0.687. The van der Waals surface area contributed by atoms with Crippen LogP contribution in [0.15, 0.2) is 24.5 Å². The Morgan fingerprint density at radius 3 is 2.55 bits per heavy atom. The van der Waals surface area contributed by atoms with Crippen molar-refractivity contribution in [2.75, 3.05) is 26.2 Å². The average molecular weight is 467 g/mol. The van der Waals surface area contributed by atoms with Gasteiger partial charge in [-0.2, -0.15) is 18.3 Å². The maximum atomic E-state index is 14.1. The lowest BCUT2D eigenvalue weighted by Gasteiger charge is -2.53. The smallest absolute Gasteiger partial charge is 0.416 e. The van der Waals surface area contributed by atoms with Gasteiger partial charge < -0.3 is 14.5 Å². The highest BCUT2D eigenvalue weighted by Crippen LogP contribution is 2.45. The molecule has 1 aliphatic carbocycles. The monoisotopic (exact) mass is 467 g/mol. The Balaban J connectivity index is 1.10. The summed E-state index contributed by atoms with van der Waals surface area (Å²) in [7, 11) is 0. The summed E-state index contributed by atoms with van der Waals surface area (Å²) in [6.07, 6.45) is 0.544. The topological polar surface area (TPSA) is 74.4 Å². The van der Waals surface area contributed by atoms with Crippen LogP contribution in [0.2, 0.25) is 0 Å². The largest absolute Gasteiger partial charge is 0.487 e. The first kappa shape index (κ1) is 22.0. The highest BCUT2D eigenvalue weighted by atomic mass is 19.4. The molecule has 3 heterocycles. The first-order valence-corrected chi connectivity index (χ1v) is 11.1. The molecule has 2 aliphatic heterocycles. The Bertz CT molecular complexity index is 997. The van der Waals surface area contributed by atoms with Crippen molar-refractivity contribution in [3.8, 4) is 5.75 Å². The Labute approximate surface area is 188 Å². The number of aromatic nitrogens is 3. The second-order valence-electron chi connectivity index (χ2n) is 9.40. The minimum atomic E-state index is -4.59. The molecule has 2 amide bonds. The standard InChI is InChI=1S/C22H25F4N5O2/c23-17-9-15(22(24,25)26)1-2-18(17)33-16-3-6-21(7-4-16)11-31(12-21)20(32)30-8-5-14(10-30)19-27-13-28-29-19/h1-2,9,13-14,16H,3-8,10-12H2,(H,27,28,29)/t14-/m1/s1. The van der Waals surface area contributed by atoms with Crippen LogP contribution < -0.4 is 4.74 Å². The van der Waals surface area contributed by atoms with Crippen LogP contribution in [-0.4, -0.2) is 63.3 Å². The molecule has 3 aliphatic rings. The number of H-pyrrole nitrogens is 1. The molecule has 1 saturated carbocycles. The number of ether oxygens (including phenoxy) is 1. The summed E-state index contributed by atoms with van der Waals surface area (Å²) in [4.78, 5) is 20.8. The Kier molecular flexibility index (Phi) is 5.44. The van der Waals surface area contributed by atoms with E-state index in [2.05, 4.69) is 15.2 Å². The molecule has 2 saturated heterocycles. The van der Waals surface area contributed by atoms with Crippen molar-refractivity contribution in [2.24, 2.45) is 5.41 Å². The molecule has 2 aromatic rings. The first-order valence-electron chi connectivity index (χ1n) is 11.1. The summed E-state index contributed by atoms with van der Waals surface area (Å²) in [6.45, 7) is 2.71. The number of alkyl halides is 3. The Morgan fingerprint density at radius 2 is 1.91 bits per heavy atom. The van der Waals surface area contributed by atoms with Crippen molar-refractivity contribution in [3.05, 3.63) is 41.7 Å². The van der Waals surface area contributed by atoms with Gasteiger partial charge in [-0.3, -0.25) is 5.10 Å². The molecule has 1 aromatic heterocycles. The van der Waals surface area contributed by atoms with Gasteiger partial charge in [-0.05, 0) is 50.3 Å². The fourth-order valence-corrected chi connectivity index (χ4v) is 5.26. The minimum absolute atomic E-state index is 0.0489. The molecule has 1 atom stereocenters. The first-order chi connectivity index (χ1) is 15.7. The van der Waals surface area contributed by atoms with E-state index in [0.717, 1.165) is 37.2 Å². The van der Waals surface area contributed by atoms with Crippen molar-refractivity contribution in [1.29, 1.82) is 0 Å². The molecule has 1 N–H and O–H groups in total. The number of nitrogens with zero attached hydrogens (tertiary/aromatic N) is 4. The predicted molar refractivity (Wildman–Crippen MR) is 109 cm³/mol. The molecule has 0 radical (unpaired) electrons. The van der Waals surface area contributed by atoms with E-state index in [1.54, 1.807) is 0 Å². The number of halogens is 4. The van der Waals surface area contributed by atoms with E-state index in [0.29, 0.717) is 45.1 Å². The van der Waals surface area contributed by atoms with Crippen LogP contribution in [0, 0.1) is 11.2 Å². The van der Waals surface area contributed by atoms with Crippen molar-refractivity contribution < 1.29 is 27.1 Å². The number of likely N-dealkylation sites (tertiary alicyclic amines) is 2. The van der Waals surface area contributed by atoms with E-state index >= 15 is 0 Å². The minimum Gasteiger partial charge on any atom is -0.487 e. The Morgan fingerprint density at radius 1 is 1.15 bits per heavy atom. The third kappa shape index (κ3) is 4.37. The van der Waals surface area contributed by atoms with Crippen LogP contribution in [0.1, 0.15) is 49.4 Å². The van der Waals surface area contributed by atoms with E-state index in [-0.39, 0.29) is 29.2 Å². The van der Waals surface area contributed by atoms with E-state index in [4.69, 9.17) is 4.74 Å². The van der Waals surface area contributed by atoms with Crippen LogP contribution in [0.3, 0.4) is 0 Å². The van der Waals surface area contributed by atoms with E-state index in [1.807, 2.05) is 9.80 Å². The lowest BCUT2D eigenvalue weighted by atomic mass is 9.68. The summed E-state index contributed by atoms with van der Waals surface area (Å²) in [6, 6.07) is 2.41. The lowest BCUT2D eigenvalue weighted by Crippen LogP contribution is -2.62. The van der Waals surface area contributed by atoms with E-state index in [1.165, 1.54) is 6.33 Å². The summed E-state index contributed by atoms with van der Waals surface area (Å²) in [5.74, 6) is -0.150. The SMILES string of the molecule is O=C(N1CC[C@@H](c2ncn[nH]2)C1)N1CC2(CCC(Oc3ccc(C(F)(F)F)cc3F)CC2)C1. The fraction of sp³-hybridized carbons (Fsp3) is 0.591. The number of rotatable bonds is 3. The van der Waals surface area contributed by atoms with Gasteiger partial charge in [-0.25, -0.2) is 14.2 Å². The number of hydrogen-bond donors (Lipinski definition) is 1. The van der Waals surface area contributed by atoms with Gasteiger partial charge in [0.25, 0.3) is 0 Å². The van der Waals surface area contributed by atoms with E-state index < -0.39 is 17.6 Å². The highest BCUT2D eigenvalue weighted by molar-refractivity contribution is 5.76. The van der Waals surface area contributed by atoms with Gasteiger partial charge >= 0.3 is 12.2 Å². The molecule has 7 nitrogen and oxygen atoms in total. The number of benzene rings is 1. The number of nitrogens with one attached hydrogen (secondary N) is 1. The summed E-state index contributed by atoms with van der Waals surface area (Å²) in [5.41, 5.74) is -0.975. The number of carbonyl (C=O) groups is 1. The summed E-state index contributed by atoms with van der Waals surface area (Å²) < 4.78 is 57.9. The normalized spacial score (nSPS) is 23.1. The lowest BCUT2D eigenvalue weighted by molar-refractivity contribution is -0.137. The second-order valence-corrected chi connectivity index (χ2v) is 9.40. The van der Waals surface area contributed by atoms with E-state index in [9.17, 15) is 22.4 Å². The zero-order valence-corrected chi connectivity index (χ0v) is 17.9. The average Bonchev–Trinajstić information content (AvgIpc) is 3.45. The molecule has 0 unspecified atom stereocenters. The van der Waals surface area contributed by atoms with Crippen LogP contribution in [-0.2, 0) is 6.18 Å². The molecule has 33 heavy (non-hydrogen) atoms. The molecule has 1 spiro atoms. The second kappa shape index (κ2) is 8.18. The zero-order chi connectivity index (χ0) is 23.2. The van der Waals surface area contributed by atoms with Crippen molar-refractivity contribution >= 4 is 6.03 Å². The number of carbonyl (C=O) groups excluding carboxylic acids is 1. The number of amides is 2. The van der Waals surface area contributed by atoms with Crippen LogP contribution in [0.25, 0.3) is 0 Å². The molecule has 11 heteroatoms. The molecule has 1 aromatic carbocycles. The molecule has 178 valence electrons. The van der Waals surface area contributed by atoms with Crippen molar-refractivity contribution in [1.82, 2.24) is 25.0 Å². The van der Waals surface area contributed by atoms with Gasteiger partial charge in [0.1, 0.15) is 12.2 Å². The molecular weight excluding hydrogens is 442 g/mol. The fourth-order valence-electron chi connectivity index (χ4n) is 5.26. The number of hydrogen-bond acceptors (Lipinski definition) is 4. The molecule has 0 bridgehead atoms. The van der Waals surface area contributed by atoms with Gasteiger partial charge in [0.2, 0.25) is 0 Å². The van der Waals surface area contributed by atoms with Crippen LogP contribution in [0.5, 0.6) is 5.75 Å². The third-order valence-corrected chi connectivity index (χ3v) is 7.15. The maximum absolute atomic E-state index is 14.1. The van der Waals surface area contributed by atoms with Crippen molar-refractivity contribution in [3.63, 3.8) is 0 Å². The van der Waals surface area contributed by atoms with Gasteiger partial charge in [0.15, 0.2) is 11.6 Å². The highest BCUT2D eigenvalue weighted by Gasteiger charge is 2.48. The third-order valence-electron chi connectivity index (χ3n) is 7.15. The zero-order valence-electron chi connectivity index (χ0n) is 17.9. The Hall–Kier alpha value is -2.85. The summed E-state index contributed by atoms with van der Waals surface area (Å²) in [5, 5.41) is 6.76. The van der Waals surface area contributed by atoms with Gasteiger partial charge in [-0.15, -0.1) is 0 Å². The van der Waals surface area contributed by atoms with Gasteiger partial charge in [-0.1, -0.05) is 0 Å².